The van der Waals surface area contributed by atoms with Crippen LogP contribution in [0.3, 0.4) is 0 Å². The van der Waals surface area contributed by atoms with Crippen molar-refractivity contribution in [2.75, 3.05) is 27.3 Å². The number of hydrogen-bond donors (Lipinski definition) is 2. The van der Waals surface area contributed by atoms with E-state index in [4.69, 9.17) is 4.74 Å². The molecule has 2 atom stereocenters. The molecule has 0 radical (unpaired) electrons. The van der Waals surface area contributed by atoms with Gasteiger partial charge >= 0.3 is 11.9 Å². The van der Waals surface area contributed by atoms with Crippen molar-refractivity contribution in [3.05, 3.63) is 65.7 Å². The molecule has 2 rings (SSSR count). The maximum Gasteiger partial charge on any atom is 0.328 e. The van der Waals surface area contributed by atoms with E-state index in [1.807, 2.05) is 27.7 Å². The first kappa shape index (κ1) is 39.4. The summed E-state index contributed by atoms with van der Waals surface area (Å²) in [7, 11) is -5.36. The molecule has 0 spiro atoms. The molecule has 2 N–H and O–H groups in total. The van der Waals surface area contributed by atoms with Crippen LogP contribution in [-0.4, -0.2) is 73.2 Å². The third kappa shape index (κ3) is 12.0. The van der Waals surface area contributed by atoms with Crippen LogP contribution in [0.2, 0.25) is 0 Å². The summed E-state index contributed by atoms with van der Waals surface area (Å²) in [5.41, 5.74) is 2.38. The Hall–Kier alpha value is -3.66. The van der Waals surface area contributed by atoms with Gasteiger partial charge in [0.15, 0.2) is 0 Å². The van der Waals surface area contributed by atoms with Crippen LogP contribution in [0.25, 0.3) is 0 Å². The Morgan fingerprint density at radius 3 is 1.87 bits per heavy atom. The second-order valence-electron chi connectivity index (χ2n) is 10.4. The van der Waals surface area contributed by atoms with Crippen LogP contribution in [0.1, 0.15) is 45.7 Å². The summed E-state index contributed by atoms with van der Waals surface area (Å²) in [4.78, 5) is 23.5. The van der Waals surface area contributed by atoms with Crippen LogP contribution in [0.4, 0.5) is 5.69 Å². The summed E-state index contributed by atoms with van der Waals surface area (Å²) in [5.74, 6) is -1.60. The molecule has 0 aliphatic rings. The van der Waals surface area contributed by atoms with E-state index in [1.165, 1.54) is 32.4 Å². The number of methoxy groups -OCH3 is 2. The predicted molar refractivity (Wildman–Crippen MR) is 172 cm³/mol. The minimum absolute atomic E-state index is 0.0337. The maximum absolute atomic E-state index is 12.8. The van der Waals surface area contributed by atoms with Crippen molar-refractivity contribution >= 4 is 37.7 Å². The van der Waals surface area contributed by atoms with Crippen molar-refractivity contribution in [1.29, 1.82) is 0 Å². The Morgan fingerprint density at radius 1 is 0.867 bits per heavy atom. The molecule has 0 saturated heterocycles. The number of nitrogens with zero attached hydrogens (tertiary/aromatic N) is 3. The van der Waals surface area contributed by atoms with Crippen molar-refractivity contribution in [3.63, 3.8) is 0 Å². The Kier molecular flexibility index (Phi) is 15.5. The molecule has 0 fully saturated rings. The number of ether oxygens (including phenoxy) is 2. The molecule has 0 aliphatic carbocycles. The number of nitrogens with one attached hydrogen (secondary N) is 2. The molecule has 0 aliphatic heterocycles. The van der Waals surface area contributed by atoms with E-state index < -0.39 is 44.1 Å². The van der Waals surface area contributed by atoms with Gasteiger partial charge in [-0.25, -0.2) is 21.6 Å². The van der Waals surface area contributed by atoms with Crippen LogP contribution in [0.5, 0.6) is 0 Å². The normalized spacial score (nSPS) is 13.0. The Labute approximate surface area is 267 Å². The van der Waals surface area contributed by atoms with Crippen molar-refractivity contribution in [3.8, 4) is 0 Å². The van der Waals surface area contributed by atoms with Gasteiger partial charge in [-0.2, -0.15) is 9.44 Å². The summed E-state index contributed by atoms with van der Waals surface area (Å²) < 4.78 is 63.9. The highest BCUT2D eigenvalue weighted by molar-refractivity contribution is 7.90. The zero-order chi connectivity index (χ0) is 34.5. The first-order valence-electron chi connectivity index (χ1n) is 14.1. The molecule has 0 bridgehead atoms. The molecule has 0 unspecified atom stereocenters. The van der Waals surface area contributed by atoms with Gasteiger partial charge in [-0.3, -0.25) is 9.80 Å². The topological polar surface area (TPSA) is 173 Å². The third-order valence-corrected chi connectivity index (χ3v) is 9.28. The van der Waals surface area contributed by atoms with Gasteiger partial charge in [0.2, 0.25) is 20.0 Å². The number of hydrogen-bond acceptors (Lipinski definition) is 10. The standard InChI is InChI=1S/C17H28N4O4S.C13H17NO4S/c1-7-21(8-2)20-18-14-11-13(5)9-10-15(14)26(23,24)19-16(12(3)4)17(22)25-6;1-9(2)12(13(15)18-4)14-19(16,17)11-7-5-10(3)6-8-11/h9-12,16,19H,7-8H2,1-6H3;5-8,12,14H,1H2,2-4H3/t16-;12-/m00/s1. The van der Waals surface area contributed by atoms with Gasteiger partial charge in [0.25, 0.3) is 0 Å². The molecule has 13 nitrogen and oxygen atoms in total. The zero-order valence-electron chi connectivity index (χ0n) is 27.3. The lowest BCUT2D eigenvalue weighted by molar-refractivity contribution is -0.144. The van der Waals surface area contributed by atoms with E-state index in [2.05, 4.69) is 31.1 Å². The van der Waals surface area contributed by atoms with Gasteiger partial charge in [0, 0.05) is 13.1 Å². The fourth-order valence-corrected chi connectivity index (χ4v) is 6.31. The number of benzene rings is 2. The van der Waals surface area contributed by atoms with E-state index in [0.29, 0.717) is 18.7 Å². The maximum atomic E-state index is 12.8. The van der Waals surface area contributed by atoms with E-state index in [0.717, 1.165) is 11.1 Å². The molecular formula is C30H45N5O8S2. The minimum atomic E-state index is -3.99. The number of esters is 2. The molecule has 15 heteroatoms. The highest BCUT2D eigenvalue weighted by Gasteiger charge is 2.31. The predicted octanol–water partition coefficient (Wildman–Crippen LogP) is 4.20. The number of sulfonamides is 2. The summed E-state index contributed by atoms with van der Waals surface area (Å²) in [5, 5.41) is 9.90. The fourth-order valence-electron chi connectivity index (χ4n) is 3.62. The minimum Gasteiger partial charge on any atom is -0.468 e. The number of carbonyl (C=O) groups excluding carboxylic acids is 2. The highest BCUT2D eigenvalue weighted by Crippen LogP contribution is 2.27. The summed E-state index contributed by atoms with van der Waals surface area (Å²) >= 11 is 0. The van der Waals surface area contributed by atoms with Crippen molar-refractivity contribution in [2.45, 2.75) is 70.3 Å². The van der Waals surface area contributed by atoms with E-state index in [-0.39, 0.29) is 21.4 Å². The van der Waals surface area contributed by atoms with Gasteiger partial charge in [-0.15, -0.1) is 5.11 Å². The molecule has 0 amide bonds. The summed E-state index contributed by atoms with van der Waals surface area (Å²) in [6.07, 6.45) is 0. The smallest absolute Gasteiger partial charge is 0.328 e. The van der Waals surface area contributed by atoms with Crippen molar-refractivity contribution in [2.24, 2.45) is 16.3 Å². The summed E-state index contributed by atoms with van der Waals surface area (Å²) in [6, 6.07) is 9.02. The Bertz CT molecular complexity index is 1550. The lowest BCUT2D eigenvalue weighted by atomic mass is 10.1. The second kappa shape index (κ2) is 17.7. The Morgan fingerprint density at radius 2 is 1.40 bits per heavy atom. The molecule has 0 heterocycles. The molecule has 0 saturated carbocycles. The molecule has 0 aromatic heterocycles. The molecular weight excluding hydrogens is 622 g/mol. The quantitative estimate of drug-likeness (QED) is 0.130. The largest absolute Gasteiger partial charge is 0.468 e. The average molecular weight is 668 g/mol. The van der Waals surface area contributed by atoms with Gasteiger partial charge in [-0.05, 0) is 70.4 Å². The number of aryl methyl sites for hydroxylation is 2. The Balaban J connectivity index is 0.000000472. The van der Waals surface area contributed by atoms with Gasteiger partial charge in [-0.1, -0.05) is 55.0 Å². The first-order chi connectivity index (χ1) is 20.9. The third-order valence-electron chi connectivity index (χ3n) is 6.35. The van der Waals surface area contributed by atoms with E-state index in [9.17, 15) is 26.4 Å². The van der Waals surface area contributed by atoms with Gasteiger partial charge in [0.05, 0.1) is 19.1 Å². The zero-order valence-corrected chi connectivity index (χ0v) is 29.0. The highest BCUT2D eigenvalue weighted by atomic mass is 32.2. The second-order valence-corrected chi connectivity index (χ2v) is 13.8. The lowest BCUT2D eigenvalue weighted by Crippen LogP contribution is -2.44. The average Bonchev–Trinajstić information content (AvgIpc) is 2.98. The summed E-state index contributed by atoms with van der Waals surface area (Å²) in [6.45, 7) is 17.5. The van der Waals surface area contributed by atoms with Crippen molar-refractivity contribution in [1.82, 2.24) is 14.5 Å². The molecule has 2 aromatic carbocycles. The number of carbonyl (C=O) groups is 2. The SMILES string of the molecule is C=C(C)[C@H](NS(=O)(=O)c1ccc(C)cc1)C(=O)OC.CCN(CC)N=Nc1cc(C)ccc1S(=O)(=O)N[C@H](C(=O)OC)C(C)C. The molecule has 2 aromatic rings. The van der Waals surface area contributed by atoms with Crippen molar-refractivity contribution < 1.29 is 35.9 Å². The lowest BCUT2D eigenvalue weighted by Gasteiger charge is -2.20. The monoisotopic (exact) mass is 667 g/mol. The van der Waals surface area contributed by atoms with Gasteiger partial charge < -0.3 is 9.47 Å². The van der Waals surface area contributed by atoms with Crippen LogP contribution in [0.15, 0.2) is 74.7 Å². The number of rotatable bonds is 14. The van der Waals surface area contributed by atoms with E-state index in [1.54, 1.807) is 50.0 Å². The molecule has 250 valence electrons. The van der Waals surface area contributed by atoms with E-state index >= 15 is 0 Å². The van der Waals surface area contributed by atoms with Crippen LogP contribution in [0, 0.1) is 19.8 Å². The van der Waals surface area contributed by atoms with Gasteiger partial charge in [0.1, 0.15) is 22.7 Å². The van der Waals surface area contributed by atoms with Crippen LogP contribution >= 0.6 is 0 Å². The van der Waals surface area contributed by atoms with Crippen LogP contribution < -0.4 is 9.44 Å². The fraction of sp³-hybridized carbons (Fsp3) is 0.467. The molecule has 45 heavy (non-hydrogen) atoms. The van der Waals surface area contributed by atoms with Crippen LogP contribution in [-0.2, 0) is 39.1 Å². The first-order valence-corrected chi connectivity index (χ1v) is 17.1.